The number of benzene rings is 1. The molecule has 0 unspecified atom stereocenters. The minimum Gasteiger partial charge on any atom is -0.313 e. The van der Waals surface area contributed by atoms with Gasteiger partial charge >= 0.3 is 0 Å². The summed E-state index contributed by atoms with van der Waals surface area (Å²) in [5.41, 5.74) is 2.43. The van der Waals surface area contributed by atoms with Crippen LogP contribution in [0.15, 0.2) is 52.0 Å². The van der Waals surface area contributed by atoms with Crippen molar-refractivity contribution in [2.24, 2.45) is 0 Å². The van der Waals surface area contributed by atoms with Gasteiger partial charge in [-0.15, -0.1) is 11.8 Å². The van der Waals surface area contributed by atoms with Crippen LogP contribution in [-0.2, 0) is 12.3 Å². The van der Waals surface area contributed by atoms with Crippen LogP contribution in [0.1, 0.15) is 18.2 Å². The summed E-state index contributed by atoms with van der Waals surface area (Å²) in [6, 6.07) is 12.8. The average molecular weight is 337 g/mol. The average Bonchev–Trinajstić information content (AvgIpc) is 2.46. The van der Waals surface area contributed by atoms with Gasteiger partial charge < -0.3 is 5.32 Å². The molecule has 0 spiro atoms. The van der Waals surface area contributed by atoms with Gasteiger partial charge in [0.15, 0.2) is 0 Å². The maximum absolute atomic E-state index is 4.37. The van der Waals surface area contributed by atoms with E-state index in [1.54, 1.807) is 0 Å². The molecule has 100 valence electrons. The van der Waals surface area contributed by atoms with Gasteiger partial charge in [0.1, 0.15) is 0 Å². The van der Waals surface area contributed by atoms with Crippen LogP contribution >= 0.6 is 27.7 Å². The Hall–Kier alpha value is -0.840. The molecule has 1 N–H and O–H groups in total. The Morgan fingerprint density at radius 3 is 2.58 bits per heavy atom. The Bertz CT molecular complexity index is 497. The first-order chi connectivity index (χ1) is 9.28. The lowest BCUT2D eigenvalue weighted by atomic mass is 10.2. The zero-order valence-corrected chi connectivity index (χ0v) is 13.3. The van der Waals surface area contributed by atoms with E-state index in [2.05, 4.69) is 63.5 Å². The van der Waals surface area contributed by atoms with E-state index in [4.69, 9.17) is 0 Å². The first-order valence-electron chi connectivity index (χ1n) is 6.31. The molecular weight excluding hydrogens is 320 g/mol. The number of thioether (sulfide) groups is 1. The number of nitrogens with one attached hydrogen (secondary N) is 1. The van der Waals surface area contributed by atoms with Gasteiger partial charge in [0.2, 0.25) is 0 Å². The molecular formula is C15H17BrN2S. The second-order valence-corrected chi connectivity index (χ2v) is 6.15. The molecule has 2 nitrogen and oxygen atoms in total. The van der Waals surface area contributed by atoms with Gasteiger partial charge in [0.25, 0.3) is 0 Å². The topological polar surface area (TPSA) is 24.9 Å². The molecule has 0 fully saturated rings. The fourth-order valence-corrected chi connectivity index (χ4v) is 2.67. The van der Waals surface area contributed by atoms with Gasteiger partial charge in [-0.3, -0.25) is 4.98 Å². The normalized spacial score (nSPS) is 10.6. The number of pyridine rings is 1. The standard InChI is InChI=1S/C15H17BrN2S/c1-2-17-9-12-3-7-15(8-4-12)19-11-14-6-5-13(16)10-18-14/h3-8,10,17H,2,9,11H2,1H3. The van der Waals surface area contributed by atoms with Crippen LogP contribution < -0.4 is 5.32 Å². The van der Waals surface area contributed by atoms with Gasteiger partial charge in [0, 0.05) is 27.9 Å². The number of hydrogen-bond donors (Lipinski definition) is 1. The fourth-order valence-electron chi connectivity index (χ4n) is 1.62. The molecule has 1 aromatic heterocycles. The van der Waals surface area contributed by atoms with E-state index in [9.17, 15) is 0 Å². The van der Waals surface area contributed by atoms with Crippen molar-refractivity contribution in [1.29, 1.82) is 0 Å². The maximum Gasteiger partial charge on any atom is 0.0507 e. The first-order valence-corrected chi connectivity index (χ1v) is 8.08. The van der Waals surface area contributed by atoms with Crippen molar-refractivity contribution in [2.75, 3.05) is 6.54 Å². The van der Waals surface area contributed by atoms with E-state index in [1.165, 1.54) is 10.5 Å². The molecule has 1 aromatic carbocycles. The summed E-state index contributed by atoms with van der Waals surface area (Å²) in [4.78, 5) is 5.66. The van der Waals surface area contributed by atoms with Crippen molar-refractivity contribution in [3.8, 4) is 0 Å². The summed E-state index contributed by atoms with van der Waals surface area (Å²) < 4.78 is 1.02. The van der Waals surface area contributed by atoms with Crippen molar-refractivity contribution in [3.63, 3.8) is 0 Å². The van der Waals surface area contributed by atoms with E-state index in [0.29, 0.717) is 0 Å². The van der Waals surface area contributed by atoms with Crippen molar-refractivity contribution in [1.82, 2.24) is 10.3 Å². The third kappa shape index (κ3) is 4.97. The lowest BCUT2D eigenvalue weighted by Gasteiger charge is -2.05. The van der Waals surface area contributed by atoms with Crippen molar-refractivity contribution < 1.29 is 0 Å². The minimum absolute atomic E-state index is 0.903. The first kappa shape index (κ1) is 14.6. The van der Waals surface area contributed by atoms with Crippen LogP contribution in [0.3, 0.4) is 0 Å². The van der Waals surface area contributed by atoms with Crippen LogP contribution in [0, 0.1) is 0 Å². The number of aromatic nitrogens is 1. The molecule has 2 aromatic rings. The Kier molecular flexibility index (Phi) is 5.89. The van der Waals surface area contributed by atoms with E-state index in [0.717, 1.165) is 29.0 Å². The molecule has 0 aliphatic rings. The highest BCUT2D eigenvalue weighted by Crippen LogP contribution is 2.22. The second-order valence-electron chi connectivity index (χ2n) is 4.18. The van der Waals surface area contributed by atoms with Gasteiger partial charge in [-0.1, -0.05) is 19.1 Å². The molecule has 0 saturated heterocycles. The molecule has 0 atom stereocenters. The van der Waals surface area contributed by atoms with Gasteiger partial charge in [-0.25, -0.2) is 0 Å². The van der Waals surface area contributed by atoms with Crippen LogP contribution in [-0.4, -0.2) is 11.5 Å². The number of nitrogens with zero attached hydrogens (tertiary/aromatic N) is 1. The zero-order valence-electron chi connectivity index (χ0n) is 10.9. The third-order valence-corrected chi connectivity index (χ3v) is 4.19. The van der Waals surface area contributed by atoms with Gasteiger partial charge in [0.05, 0.1) is 5.69 Å². The summed E-state index contributed by atoms with van der Waals surface area (Å²) in [6.45, 7) is 4.07. The molecule has 0 aliphatic heterocycles. The smallest absolute Gasteiger partial charge is 0.0507 e. The fraction of sp³-hybridized carbons (Fsp3) is 0.267. The summed E-state index contributed by atoms with van der Waals surface area (Å²) >= 11 is 5.21. The molecule has 4 heteroatoms. The molecule has 0 saturated carbocycles. The summed E-state index contributed by atoms with van der Waals surface area (Å²) in [5, 5.41) is 3.33. The van der Waals surface area contributed by atoms with E-state index < -0.39 is 0 Å². The molecule has 0 amide bonds. The zero-order chi connectivity index (χ0) is 13.5. The third-order valence-electron chi connectivity index (χ3n) is 2.68. The van der Waals surface area contributed by atoms with E-state index >= 15 is 0 Å². The van der Waals surface area contributed by atoms with Crippen molar-refractivity contribution in [3.05, 3.63) is 58.3 Å². The quantitative estimate of drug-likeness (QED) is 0.798. The van der Waals surface area contributed by atoms with Gasteiger partial charge in [-0.2, -0.15) is 0 Å². The molecule has 0 radical (unpaired) electrons. The lowest BCUT2D eigenvalue weighted by molar-refractivity contribution is 0.726. The van der Waals surface area contributed by atoms with E-state index in [1.807, 2.05) is 24.0 Å². The summed E-state index contributed by atoms with van der Waals surface area (Å²) in [5.74, 6) is 0.903. The Morgan fingerprint density at radius 1 is 1.16 bits per heavy atom. The Balaban J connectivity index is 1.87. The Labute approximate surface area is 127 Å². The number of halogens is 1. The molecule has 19 heavy (non-hydrogen) atoms. The van der Waals surface area contributed by atoms with E-state index in [-0.39, 0.29) is 0 Å². The SMILES string of the molecule is CCNCc1ccc(SCc2ccc(Br)cn2)cc1. The predicted molar refractivity (Wildman–Crippen MR) is 85.3 cm³/mol. The molecule has 1 heterocycles. The predicted octanol–water partition coefficient (Wildman–Crippen LogP) is 4.25. The highest BCUT2D eigenvalue weighted by molar-refractivity contribution is 9.10. The number of rotatable bonds is 6. The van der Waals surface area contributed by atoms with Gasteiger partial charge in [-0.05, 0) is 52.3 Å². The summed E-state index contributed by atoms with van der Waals surface area (Å²) in [6.07, 6.45) is 1.84. The monoisotopic (exact) mass is 336 g/mol. The van der Waals surface area contributed by atoms with Crippen LogP contribution in [0.25, 0.3) is 0 Å². The highest BCUT2D eigenvalue weighted by atomic mass is 79.9. The number of hydrogen-bond acceptors (Lipinski definition) is 3. The van der Waals surface area contributed by atoms with Crippen molar-refractivity contribution in [2.45, 2.75) is 24.1 Å². The van der Waals surface area contributed by atoms with Crippen LogP contribution in [0.5, 0.6) is 0 Å². The van der Waals surface area contributed by atoms with Crippen molar-refractivity contribution >= 4 is 27.7 Å². The highest BCUT2D eigenvalue weighted by Gasteiger charge is 1.98. The molecule has 0 aliphatic carbocycles. The largest absolute Gasteiger partial charge is 0.313 e. The Morgan fingerprint density at radius 2 is 1.95 bits per heavy atom. The minimum atomic E-state index is 0.903. The molecule has 2 rings (SSSR count). The van der Waals surface area contributed by atoms with Crippen LogP contribution in [0.4, 0.5) is 0 Å². The molecule has 0 bridgehead atoms. The van der Waals surface area contributed by atoms with Crippen LogP contribution in [0.2, 0.25) is 0 Å². The second kappa shape index (κ2) is 7.68. The maximum atomic E-state index is 4.37. The lowest BCUT2D eigenvalue weighted by Crippen LogP contribution is -2.11. The summed E-state index contributed by atoms with van der Waals surface area (Å²) in [7, 11) is 0.